The zero-order chi connectivity index (χ0) is 43.1. The van der Waals surface area contributed by atoms with Gasteiger partial charge in [0, 0.05) is 6.42 Å². The van der Waals surface area contributed by atoms with Crippen molar-refractivity contribution in [3.8, 4) is 0 Å². The van der Waals surface area contributed by atoms with Crippen molar-refractivity contribution in [3.05, 3.63) is 48.6 Å². The summed E-state index contributed by atoms with van der Waals surface area (Å²) < 4.78 is 5.88. The van der Waals surface area contributed by atoms with E-state index in [-0.39, 0.29) is 24.9 Å². The van der Waals surface area contributed by atoms with Crippen molar-refractivity contribution in [3.63, 3.8) is 0 Å². The summed E-state index contributed by atoms with van der Waals surface area (Å²) in [6.07, 6.45) is 56.1. The molecule has 0 aliphatic heterocycles. The molecule has 0 saturated carbocycles. The molecule has 1 amide bonds. The number of carbonyl (C=O) groups is 2. The molecule has 59 heavy (non-hydrogen) atoms. The SMILES string of the molecule is CCCCC/C=C\C/C=C\C/C=C\C/C=C\CCCCCC(=O)OC(CCCCCCCCC)CC(=O)NC(CO)C(O)CCCCCCCCCCCCCCCC. The molecule has 0 rings (SSSR count). The van der Waals surface area contributed by atoms with Crippen LogP contribution in [0.25, 0.3) is 0 Å². The zero-order valence-electron chi connectivity index (χ0n) is 39.1. The summed E-state index contributed by atoms with van der Waals surface area (Å²) in [6.45, 7) is 6.42. The number of rotatable bonds is 45. The number of carbonyl (C=O) groups excluding carboxylic acids is 2. The van der Waals surface area contributed by atoms with Gasteiger partial charge >= 0.3 is 5.97 Å². The second-order valence-corrected chi connectivity index (χ2v) is 17.2. The van der Waals surface area contributed by atoms with Gasteiger partial charge in [-0.1, -0.05) is 217 Å². The van der Waals surface area contributed by atoms with E-state index in [4.69, 9.17) is 4.74 Å². The maximum atomic E-state index is 13.1. The van der Waals surface area contributed by atoms with Crippen molar-refractivity contribution in [1.29, 1.82) is 0 Å². The Kier molecular flexibility index (Phi) is 45.1. The molecule has 3 unspecified atom stereocenters. The lowest BCUT2D eigenvalue weighted by Crippen LogP contribution is -2.46. The Hall–Kier alpha value is -2.18. The Morgan fingerprint density at radius 1 is 0.492 bits per heavy atom. The molecule has 3 atom stereocenters. The fourth-order valence-electron chi connectivity index (χ4n) is 7.53. The average molecular weight is 828 g/mol. The van der Waals surface area contributed by atoms with E-state index < -0.39 is 18.2 Å². The fraction of sp³-hybridized carbons (Fsp3) is 0.811. The van der Waals surface area contributed by atoms with Crippen LogP contribution in [0.1, 0.15) is 252 Å². The molecule has 6 heteroatoms. The molecule has 0 bridgehead atoms. The molecule has 0 spiro atoms. The quantitative estimate of drug-likeness (QED) is 0.0323. The van der Waals surface area contributed by atoms with E-state index in [2.05, 4.69) is 74.7 Å². The van der Waals surface area contributed by atoms with Gasteiger partial charge in [0.15, 0.2) is 0 Å². The fourth-order valence-corrected chi connectivity index (χ4v) is 7.53. The van der Waals surface area contributed by atoms with Crippen molar-refractivity contribution >= 4 is 11.9 Å². The second-order valence-electron chi connectivity index (χ2n) is 17.2. The van der Waals surface area contributed by atoms with Crippen LogP contribution in [0, 0.1) is 0 Å². The predicted molar refractivity (Wildman–Crippen MR) is 255 cm³/mol. The molecule has 0 aromatic heterocycles. The minimum absolute atomic E-state index is 0.0652. The Morgan fingerprint density at radius 2 is 0.864 bits per heavy atom. The van der Waals surface area contributed by atoms with Gasteiger partial charge in [-0.2, -0.15) is 0 Å². The Balaban J connectivity index is 4.42. The third kappa shape index (κ3) is 42.3. The van der Waals surface area contributed by atoms with Crippen molar-refractivity contribution < 1.29 is 24.5 Å². The minimum atomic E-state index is -0.790. The lowest BCUT2D eigenvalue weighted by atomic mass is 10.0. The standard InChI is InChI=1S/C53H97NO5/c1-4-7-10-13-16-18-20-22-24-25-26-27-28-30-32-34-37-40-43-46-53(58)59-49(44-41-38-35-15-12-9-6-3)47-52(57)54-50(48-55)51(56)45-42-39-36-33-31-29-23-21-19-17-14-11-8-5-2/h16,18,22,24,26-27,30,32,49-51,55-56H,4-15,17,19-21,23,25,28-29,31,33-48H2,1-3H3,(H,54,57)/b18-16-,24-22-,27-26-,32-30-. The first-order chi connectivity index (χ1) is 29.0. The van der Waals surface area contributed by atoms with Crippen LogP contribution in [0.4, 0.5) is 0 Å². The van der Waals surface area contributed by atoms with Crippen LogP contribution in [-0.2, 0) is 14.3 Å². The Labute approximate surface area is 366 Å². The molecule has 3 N–H and O–H groups in total. The Morgan fingerprint density at radius 3 is 1.32 bits per heavy atom. The highest BCUT2D eigenvalue weighted by atomic mass is 16.5. The van der Waals surface area contributed by atoms with Gasteiger partial charge < -0.3 is 20.3 Å². The first kappa shape index (κ1) is 56.8. The van der Waals surface area contributed by atoms with E-state index in [1.54, 1.807) is 0 Å². The minimum Gasteiger partial charge on any atom is -0.462 e. The third-order valence-electron chi connectivity index (χ3n) is 11.4. The van der Waals surface area contributed by atoms with Crippen molar-refractivity contribution in [1.82, 2.24) is 5.32 Å². The van der Waals surface area contributed by atoms with Crippen LogP contribution in [0.2, 0.25) is 0 Å². The highest BCUT2D eigenvalue weighted by Crippen LogP contribution is 2.17. The first-order valence-electron chi connectivity index (χ1n) is 25.4. The third-order valence-corrected chi connectivity index (χ3v) is 11.4. The monoisotopic (exact) mass is 828 g/mol. The number of ether oxygens (including phenoxy) is 1. The topological polar surface area (TPSA) is 95.9 Å². The lowest BCUT2D eigenvalue weighted by Gasteiger charge is -2.24. The van der Waals surface area contributed by atoms with Crippen molar-refractivity contribution in [2.45, 2.75) is 270 Å². The van der Waals surface area contributed by atoms with Crippen LogP contribution < -0.4 is 5.32 Å². The largest absolute Gasteiger partial charge is 0.462 e. The molecule has 0 heterocycles. The van der Waals surface area contributed by atoms with Gasteiger partial charge in [0.2, 0.25) is 5.91 Å². The molecule has 0 saturated heterocycles. The van der Waals surface area contributed by atoms with Crippen LogP contribution in [0.15, 0.2) is 48.6 Å². The molecule has 0 aliphatic rings. The number of amides is 1. The maximum Gasteiger partial charge on any atom is 0.306 e. The molecule has 0 fully saturated rings. The van der Waals surface area contributed by atoms with Crippen LogP contribution >= 0.6 is 0 Å². The molecule has 6 nitrogen and oxygen atoms in total. The van der Waals surface area contributed by atoms with Crippen LogP contribution in [-0.4, -0.2) is 46.9 Å². The maximum absolute atomic E-state index is 13.1. The zero-order valence-corrected chi connectivity index (χ0v) is 39.1. The van der Waals surface area contributed by atoms with E-state index >= 15 is 0 Å². The summed E-state index contributed by atoms with van der Waals surface area (Å²) in [4.78, 5) is 26.0. The highest BCUT2D eigenvalue weighted by molar-refractivity contribution is 5.77. The van der Waals surface area contributed by atoms with E-state index in [9.17, 15) is 19.8 Å². The molecule has 0 aliphatic carbocycles. The number of allylic oxidation sites excluding steroid dienone is 8. The first-order valence-corrected chi connectivity index (χ1v) is 25.4. The molecular weight excluding hydrogens is 731 g/mol. The van der Waals surface area contributed by atoms with Gasteiger partial charge in [0.1, 0.15) is 6.10 Å². The number of esters is 1. The summed E-state index contributed by atoms with van der Waals surface area (Å²) in [7, 11) is 0. The number of aliphatic hydroxyl groups excluding tert-OH is 2. The summed E-state index contributed by atoms with van der Waals surface area (Å²) in [5.41, 5.74) is 0. The van der Waals surface area contributed by atoms with Gasteiger partial charge in [-0.05, 0) is 70.6 Å². The number of hydrogen-bond acceptors (Lipinski definition) is 5. The van der Waals surface area contributed by atoms with Gasteiger partial charge in [-0.3, -0.25) is 9.59 Å². The van der Waals surface area contributed by atoms with Gasteiger partial charge in [-0.15, -0.1) is 0 Å². The van der Waals surface area contributed by atoms with E-state index in [1.165, 1.54) is 122 Å². The normalized spacial score (nSPS) is 13.6. The number of hydrogen-bond donors (Lipinski definition) is 3. The number of nitrogens with one attached hydrogen (secondary N) is 1. The molecular formula is C53H97NO5. The van der Waals surface area contributed by atoms with E-state index in [0.29, 0.717) is 19.3 Å². The Bertz CT molecular complexity index is 1020. The van der Waals surface area contributed by atoms with Crippen LogP contribution in [0.3, 0.4) is 0 Å². The molecule has 344 valence electrons. The summed E-state index contributed by atoms with van der Waals surface area (Å²) >= 11 is 0. The van der Waals surface area contributed by atoms with Crippen LogP contribution in [0.5, 0.6) is 0 Å². The molecule has 0 radical (unpaired) electrons. The van der Waals surface area contributed by atoms with Gasteiger partial charge in [0.25, 0.3) is 0 Å². The number of aliphatic hydroxyl groups is 2. The second kappa shape index (κ2) is 46.9. The van der Waals surface area contributed by atoms with E-state index in [1.807, 2.05) is 0 Å². The van der Waals surface area contributed by atoms with E-state index in [0.717, 1.165) is 83.5 Å². The van der Waals surface area contributed by atoms with Gasteiger partial charge in [-0.25, -0.2) is 0 Å². The lowest BCUT2D eigenvalue weighted by molar-refractivity contribution is -0.151. The predicted octanol–water partition coefficient (Wildman–Crippen LogP) is 15.1. The highest BCUT2D eigenvalue weighted by Gasteiger charge is 2.24. The van der Waals surface area contributed by atoms with Crippen molar-refractivity contribution in [2.24, 2.45) is 0 Å². The average Bonchev–Trinajstić information content (AvgIpc) is 3.23. The van der Waals surface area contributed by atoms with Crippen molar-refractivity contribution in [2.75, 3.05) is 6.61 Å². The van der Waals surface area contributed by atoms with Gasteiger partial charge in [0.05, 0.1) is 25.2 Å². The smallest absolute Gasteiger partial charge is 0.306 e. The molecule has 0 aromatic carbocycles. The summed E-state index contributed by atoms with van der Waals surface area (Å²) in [5, 5.41) is 23.7. The summed E-state index contributed by atoms with van der Waals surface area (Å²) in [6, 6.07) is -0.705. The number of unbranched alkanes of at least 4 members (excludes halogenated alkanes) is 25. The molecule has 0 aromatic rings. The summed E-state index contributed by atoms with van der Waals surface area (Å²) in [5.74, 6) is -0.510.